The Morgan fingerprint density at radius 1 is 1.25 bits per heavy atom. The van der Waals surface area contributed by atoms with Gasteiger partial charge in [0.15, 0.2) is 0 Å². The Labute approximate surface area is 179 Å². The first-order chi connectivity index (χ1) is 13.0. The summed E-state index contributed by atoms with van der Waals surface area (Å²) in [7, 11) is -1.50. The third-order valence-electron chi connectivity index (χ3n) is 4.80. The average molecular weight is 459 g/mol. The van der Waals surface area contributed by atoms with Gasteiger partial charge in [-0.15, -0.1) is 35.1 Å². The Morgan fingerprint density at radius 3 is 2.71 bits per heavy atom. The largest absolute Gasteiger partial charge is 0.304 e. The molecule has 1 saturated heterocycles. The van der Waals surface area contributed by atoms with Gasteiger partial charge in [0.25, 0.3) is 10.0 Å². The molecule has 10 heteroatoms. The highest BCUT2D eigenvalue weighted by molar-refractivity contribution is 7.91. The van der Waals surface area contributed by atoms with Gasteiger partial charge in [0, 0.05) is 60.0 Å². The van der Waals surface area contributed by atoms with Gasteiger partial charge in [-0.05, 0) is 30.6 Å². The number of aromatic nitrogens is 1. The van der Waals surface area contributed by atoms with E-state index in [1.54, 1.807) is 29.8 Å². The van der Waals surface area contributed by atoms with Crippen molar-refractivity contribution in [3.8, 4) is 0 Å². The van der Waals surface area contributed by atoms with Crippen LogP contribution in [0.5, 0.6) is 0 Å². The van der Waals surface area contributed by atoms with Crippen LogP contribution >= 0.6 is 35.1 Å². The maximum Gasteiger partial charge on any atom is 0.251 e. The van der Waals surface area contributed by atoms with E-state index in [1.807, 2.05) is 17.5 Å². The molecule has 3 aromatic heterocycles. The number of nitrogens with one attached hydrogen (secondary N) is 1. The van der Waals surface area contributed by atoms with Crippen molar-refractivity contribution >= 4 is 55.2 Å². The standard InChI is InChI=1S/C18H22N4O2S3.ClH/c1-21-6-8-22(9-7-21)17(12-15-3-2-10-25-15)20-27(23,24)18-11-14-13-19-5-4-16(14)26-18;/h2-5,10-11,13,17,20H,6-9,12H2,1H3;1H. The van der Waals surface area contributed by atoms with E-state index in [4.69, 9.17) is 0 Å². The van der Waals surface area contributed by atoms with Gasteiger partial charge in [-0.25, -0.2) is 8.42 Å². The SMILES string of the molecule is CN1CCN(C(Cc2cccs2)NS(=O)(=O)c2cc3cnccc3s2)CC1.Cl. The van der Waals surface area contributed by atoms with Gasteiger partial charge in [-0.3, -0.25) is 9.88 Å². The van der Waals surface area contributed by atoms with Gasteiger partial charge in [0.05, 0.1) is 6.17 Å². The van der Waals surface area contributed by atoms with Gasteiger partial charge in [0.2, 0.25) is 0 Å². The van der Waals surface area contributed by atoms with E-state index in [1.165, 1.54) is 16.2 Å². The molecule has 1 unspecified atom stereocenters. The van der Waals surface area contributed by atoms with E-state index >= 15 is 0 Å². The van der Waals surface area contributed by atoms with Crippen LogP contribution in [-0.4, -0.2) is 62.6 Å². The first kappa shape index (κ1) is 21.6. The second kappa shape index (κ2) is 9.17. The molecule has 1 N–H and O–H groups in total. The first-order valence-corrected chi connectivity index (χ1v) is 12.0. The molecule has 0 amide bonds. The number of likely N-dealkylation sites (N-methyl/N-ethyl adjacent to an activating group) is 1. The fraction of sp³-hybridized carbons (Fsp3) is 0.389. The van der Waals surface area contributed by atoms with Crippen molar-refractivity contribution in [3.05, 3.63) is 46.9 Å². The zero-order valence-electron chi connectivity index (χ0n) is 15.4. The summed E-state index contributed by atoms with van der Waals surface area (Å²) >= 11 is 2.95. The molecular formula is C18H23ClN4O2S3. The fourth-order valence-electron chi connectivity index (χ4n) is 3.23. The lowest BCUT2D eigenvalue weighted by atomic mass is 10.2. The number of hydrogen-bond acceptors (Lipinski definition) is 7. The number of hydrogen-bond donors (Lipinski definition) is 1. The van der Waals surface area contributed by atoms with Gasteiger partial charge in [-0.1, -0.05) is 6.07 Å². The smallest absolute Gasteiger partial charge is 0.251 e. The number of halogens is 1. The Hall–Kier alpha value is -1.07. The quantitative estimate of drug-likeness (QED) is 0.615. The number of thiophene rings is 2. The predicted octanol–water partition coefficient (Wildman–Crippen LogP) is 2.87. The van der Waals surface area contributed by atoms with Crippen molar-refractivity contribution in [3.63, 3.8) is 0 Å². The molecule has 1 aliphatic rings. The summed E-state index contributed by atoms with van der Waals surface area (Å²) < 4.78 is 30.4. The summed E-state index contributed by atoms with van der Waals surface area (Å²) in [6, 6.07) is 7.63. The Balaban J connectivity index is 0.00000225. The maximum absolute atomic E-state index is 13.1. The van der Waals surface area contributed by atoms with Gasteiger partial charge in [0.1, 0.15) is 4.21 Å². The molecule has 3 aromatic rings. The molecule has 0 bridgehead atoms. The zero-order chi connectivity index (χ0) is 18.9. The zero-order valence-corrected chi connectivity index (χ0v) is 18.7. The third kappa shape index (κ3) is 4.91. The first-order valence-electron chi connectivity index (χ1n) is 8.82. The lowest BCUT2D eigenvalue weighted by Gasteiger charge is -2.37. The molecule has 6 nitrogen and oxygen atoms in total. The van der Waals surface area contributed by atoms with Crippen molar-refractivity contribution in [2.24, 2.45) is 0 Å². The van der Waals surface area contributed by atoms with E-state index in [0.29, 0.717) is 10.6 Å². The molecule has 1 atom stereocenters. The van der Waals surface area contributed by atoms with Gasteiger partial charge in [-0.2, -0.15) is 4.72 Å². The van der Waals surface area contributed by atoms with Crippen LogP contribution in [-0.2, 0) is 16.4 Å². The average Bonchev–Trinajstić information content (AvgIpc) is 3.31. The number of sulfonamides is 1. The molecule has 4 heterocycles. The normalized spacial score (nSPS) is 17.5. The number of nitrogens with zero attached hydrogens (tertiary/aromatic N) is 3. The van der Waals surface area contributed by atoms with Crippen LogP contribution in [0.2, 0.25) is 0 Å². The summed E-state index contributed by atoms with van der Waals surface area (Å²) in [5, 5.41) is 2.89. The molecule has 0 aromatic carbocycles. The van der Waals surface area contributed by atoms with Crippen LogP contribution in [0, 0.1) is 0 Å². The van der Waals surface area contributed by atoms with Crippen LogP contribution in [0.3, 0.4) is 0 Å². The number of rotatable bonds is 6. The molecule has 4 rings (SSSR count). The van der Waals surface area contributed by atoms with Crippen LogP contribution in [0.15, 0.2) is 46.2 Å². The minimum Gasteiger partial charge on any atom is -0.304 e. The van der Waals surface area contributed by atoms with E-state index in [2.05, 4.69) is 32.6 Å². The van der Waals surface area contributed by atoms with E-state index < -0.39 is 10.0 Å². The van der Waals surface area contributed by atoms with Crippen molar-refractivity contribution in [2.45, 2.75) is 16.8 Å². The van der Waals surface area contributed by atoms with E-state index in [0.717, 1.165) is 36.3 Å². The van der Waals surface area contributed by atoms with Crippen molar-refractivity contribution in [1.82, 2.24) is 19.5 Å². The molecule has 1 aliphatic heterocycles. The Morgan fingerprint density at radius 2 is 2.04 bits per heavy atom. The lowest BCUT2D eigenvalue weighted by molar-refractivity contribution is 0.106. The maximum atomic E-state index is 13.1. The van der Waals surface area contributed by atoms with Crippen molar-refractivity contribution < 1.29 is 8.42 Å². The number of fused-ring (bicyclic) bond motifs is 1. The highest BCUT2D eigenvalue weighted by Gasteiger charge is 2.28. The second-order valence-electron chi connectivity index (χ2n) is 6.74. The molecule has 28 heavy (non-hydrogen) atoms. The summed E-state index contributed by atoms with van der Waals surface area (Å²) in [5.41, 5.74) is 0. The third-order valence-corrected chi connectivity index (χ3v) is 8.75. The monoisotopic (exact) mass is 458 g/mol. The number of pyridine rings is 1. The number of piperazine rings is 1. The molecule has 152 valence electrons. The highest BCUT2D eigenvalue weighted by atomic mass is 35.5. The van der Waals surface area contributed by atoms with Crippen LogP contribution in [0.1, 0.15) is 4.88 Å². The molecule has 0 radical (unpaired) electrons. The fourth-order valence-corrected chi connectivity index (χ4v) is 6.57. The molecule has 0 aliphatic carbocycles. The summed E-state index contributed by atoms with van der Waals surface area (Å²) in [4.78, 5) is 9.77. The molecule has 0 spiro atoms. The van der Waals surface area contributed by atoms with Crippen LogP contribution in [0.4, 0.5) is 0 Å². The summed E-state index contributed by atoms with van der Waals surface area (Å²) in [5.74, 6) is 0. The van der Waals surface area contributed by atoms with Gasteiger partial charge < -0.3 is 4.90 Å². The van der Waals surface area contributed by atoms with Crippen molar-refractivity contribution in [2.75, 3.05) is 33.2 Å². The molecule has 1 fully saturated rings. The minimum atomic E-state index is -3.60. The van der Waals surface area contributed by atoms with E-state index in [-0.39, 0.29) is 18.6 Å². The Kier molecular flexibility index (Phi) is 7.08. The second-order valence-corrected chi connectivity index (χ2v) is 10.8. The van der Waals surface area contributed by atoms with Crippen LogP contribution in [0.25, 0.3) is 10.1 Å². The predicted molar refractivity (Wildman–Crippen MR) is 118 cm³/mol. The molecular weight excluding hydrogens is 436 g/mol. The Bertz CT molecular complexity index is 966. The van der Waals surface area contributed by atoms with Crippen molar-refractivity contribution in [1.29, 1.82) is 0 Å². The topological polar surface area (TPSA) is 65.5 Å². The minimum absolute atomic E-state index is 0. The van der Waals surface area contributed by atoms with Gasteiger partial charge >= 0.3 is 0 Å². The molecule has 0 saturated carbocycles. The summed E-state index contributed by atoms with van der Waals surface area (Å²) in [6.45, 7) is 3.59. The lowest BCUT2D eigenvalue weighted by Crippen LogP contribution is -2.55. The highest BCUT2D eigenvalue weighted by Crippen LogP contribution is 2.28. The van der Waals surface area contributed by atoms with E-state index in [9.17, 15) is 8.42 Å². The van der Waals surface area contributed by atoms with Crippen LogP contribution < -0.4 is 4.72 Å². The summed E-state index contributed by atoms with van der Waals surface area (Å²) in [6.07, 6.45) is 3.82.